The molecule has 6 nitrogen and oxygen atoms in total. The standard InChI is InChI=1S/C19H31FN4O2/c1-4-21-18(22-13-17(25)15-7-5-6-8-16(15)20)23-14-19(2,3)24-9-11-26-12-10-24/h5-8,17,25H,4,9-14H2,1-3H3,(H2,21,22,23). The molecule has 1 unspecified atom stereocenters. The summed E-state index contributed by atoms with van der Waals surface area (Å²) in [5, 5.41) is 16.5. The number of ether oxygens (including phenoxy) is 1. The third kappa shape index (κ3) is 5.93. The Bertz CT molecular complexity index is 589. The molecule has 0 radical (unpaired) electrons. The number of aliphatic imine (C=N–C) groups is 1. The molecule has 146 valence electrons. The van der Waals surface area contributed by atoms with Gasteiger partial charge in [-0.05, 0) is 26.8 Å². The smallest absolute Gasteiger partial charge is 0.191 e. The topological polar surface area (TPSA) is 69.1 Å². The summed E-state index contributed by atoms with van der Waals surface area (Å²) in [4.78, 5) is 7.03. The predicted octanol–water partition coefficient (Wildman–Crippen LogP) is 1.53. The Morgan fingerprint density at radius 3 is 2.65 bits per heavy atom. The van der Waals surface area contributed by atoms with Gasteiger partial charge >= 0.3 is 0 Å². The van der Waals surface area contributed by atoms with Gasteiger partial charge in [-0.2, -0.15) is 0 Å². The molecule has 1 saturated heterocycles. The Morgan fingerprint density at radius 1 is 1.31 bits per heavy atom. The van der Waals surface area contributed by atoms with E-state index in [1.54, 1.807) is 18.2 Å². The zero-order valence-corrected chi connectivity index (χ0v) is 16.0. The number of guanidine groups is 1. The van der Waals surface area contributed by atoms with Crippen molar-refractivity contribution in [3.05, 3.63) is 35.6 Å². The number of aliphatic hydroxyl groups is 1. The second-order valence-corrected chi connectivity index (χ2v) is 7.03. The van der Waals surface area contributed by atoms with Gasteiger partial charge in [0.2, 0.25) is 0 Å². The third-order valence-corrected chi connectivity index (χ3v) is 4.56. The van der Waals surface area contributed by atoms with Gasteiger partial charge in [0, 0.05) is 37.3 Å². The van der Waals surface area contributed by atoms with Crippen LogP contribution in [0.4, 0.5) is 4.39 Å². The molecule has 0 spiro atoms. The van der Waals surface area contributed by atoms with Crippen molar-refractivity contribution in [3.8, 4) is 0 Å². The zero-order chi connectivity index (χ0) is 19.0. The summed E-state index contributed by atoms with van der Waals surface area (Å²) in [6.45, 7) is 11.1. The maximum absolute atomic E-state index is 13.8. The lowest BCUT2D eigenvalue weighted by molar-refractivity contribution is -0.00684. The highest BCUT2D eigenvalue weighted by Gasteiger charge is 2.28. The maximum Gasteiger partial charge on any atom is 0.191 e. The molecule has 2 rings (SSSR count). The molecule has 1 aromatic rings. The van der Waals surface area contributed by atoms with Gasteiger partial charge in [0.15, 0.2) is 5.96 Å². The van der Waals surface area contributed by atoms with Gasteiger partial charge in [-0.25, -0.2) is 4.39 Å². The highest BCUT2D eigenvalue weighted by molar-refractivity contribution is 5.79. The Kier molecular flexibility index (Phi) is 7.81. The van der Waals surface area contributed by atoms with Crippen LogP contribution in [0.25, 0.3) is 0 Å². The molecule has 0 bridgehead atoms. The summed E-state index contributed by atoms with van der Waals surface area (Å²) in [6.07, 6.45) is -0.938. The number of aliphatic hydroxyl groups excluding tert-OH is 1. The molecule has 1 fully saturated rings. The summed E-state index contributed by atoms with van der Waals surface area (Å²) >= 11 is 0. The van der Waals surface area contributed by atoms with Crippen LogP contribution in [0.3, 0.4) is 0 Å². The van der Waals surface area contributed by atoms with Crippen LogP contribution in [-0.4, -0.2) is 67.4 Å². The molecule has 0 aliphatic carbocycles. The van der Waals surface area contributed by atoms with E-state index in [-0.39, 0.29) is 17.6 Å². The summed E-state index contributed by atoms with van der Waals surface area (Å²) in [5.74, 6) is 0.210. The Hall–Kier alpha value is -1.70. The fraction of sp³-hybridized carbons (Fsp3) is 0.632. The lowest BCUT2D eigenvalue weighted by Gasteiger charge is -2.39. The molecule has 0 saturated carbocycles. The first-order valence-electron chi connectivity index (χ1n) is 9.21. The summed E-state index contributed by atoms with van der Waals surface area (Å²) < 4.78 is 19.2. The summed E-state index contributed by atoms with van der Waals surface area (Å²) in [5.41, 5.74) is 0.195. The van der Waals surface area contributed by atoms with Crippen LogP contribution in [0, 0.1) is 5.82 Å². The molecule has 7 heteroatoms. The van der Waals surface area contributed by atoms with E-state index in [0.29, 0.717) is 19.0 Å². The fourth-order valence-corrected chi connectivity index (χ4v) is 2.93. The van der Waals surface area contributed by atoms with E-state index in [1.165, 1.54) is 6.07 Å². The average molecular weight is 366 g/mol. The molecular formula is C19H31FN4O2. The molecule has 1 aromatic carbocycles. The Morgan fingerprint density at radius 2 is 2.00 bits per heavy atom. The number of nitrogens with zero attached hydrogens (tertiary/aromatic N) is 2. The summed E-state index contributed by atoms with van der Waals surface area (Å²) in [7, 11) is 0. The van der Waals surface area contributed by atoms with Crippen molar-refractivity contribution in [1.82, 2.24) is 15.5 Å². The van der Waals surface area contributed by atoms with Crippen LogP contribution in [0.2, 0.25) is 0 Å². The maximum atomic E-state index is 13.8. The first-order valence-corrected chi connectivity index (χ1v) is 9.21. The molecule has 3 N–H and O–H groups in total. The monoisotopic (exact) mass is 366 g/mol. The van der Waals surface area contributed by atoms with Gasteiger partial charge in [0.25, 0.3) is 0 Å². The van der Waals surface area contributed by atoms with Gasteiger partial charge < -0.3 is 20.5 Å². The first kappa shape index (κ1) is 20.6. The largest absolute Gasteiger partial charge is 0.386 e. The van der Waals surface area contributed by atoms with Gasteiger partial charge in [-0.1, -0.05) is 18.2 Å². The molecule has 1 heterocycles. The van der Waals surface area contributed by atoms with Crippen molar-refractivity contribution in [1.29, 1.82) is 0 Å². The second kappa shape index (κ2) is 9.85. The quantitative estimate of drug-likeness (QED) is 0.504. The molecule has 1 aliphatic rings. The molecule has 0 aromatic heterocycles. The van der Waals surface area contributed by atoms with Crippen LogP contribution in [-0.2, 0) is 4.74 Å². The van der Waals surface area contributed by atoms with Crippen molar-refractivity contribution < 1.29 is 14.2 Å². The molecule has 1 atom stereocenters. The van der Waals surface area contributed by atoms with E-state index in [9.17, 15) is 9.50 Å². The van der Waals surface area contributed by atoms with Crippen LogP contribution in [0.15, 0.2) is 29.3 Å². The highest BCUT2D eigenvalue weighted by Crippen LogP contribution is 2.17. The molecule has 0 amide bonds. The predicted molar refractivity (Wildman–Crippen MR) is 102 cm³/mol. The van der Waals surface area contributed by atoms with Gasteiger partial charge in [-0.15, -0.1) is 0 Å². The van der Waals surface area contributed by atoms with E-state index in [0.717, 1.165) is 26.3 Å². The minimum atomic E-state index is -0.938. The Labute approximate surface area is 155 Å². The van der Waals surface area contributed by atoms with Crippen molar-refractivity contribution in [2.75, 3.05) is 45.9 Å². The second-order valence-electron chi connectivity index (χ2n) is 7.03. The minimum absolute atomic E-state index is 0.0870. The number of rotatable bonds is 7. The SMILES string of the molecule is CCNC(=NCC(C)(C)N1CCOCC1)NCC(O)c1ccccc1F. The van der Waals surface area contributed by atoms with E-state index < -0.39 is 11.9 Å². The third-order valence-electron chi connectivity index (χ3n) is 4.56. The normalized spacial score (nSPS) is 17.8. The highest BCUT2D eigenvalue weighted by atomic mass is 19.1. The number of hydrogen-bond donors (Lipinski definition) is 3. The minimum Gasteiger partial charge on any atom is -0.386 e. The van der Waals surface area contributed by atoms with Gasteiger partial charge in [0.05, 0.1) is 25.9 Å². The van der Waals surface area contributed by atoms with Gasteiger partial charge in [0.1, 0.15) is 5.82 Å². The lowest BCUT2D eigenvalue weighted by atomic mass is 10.0. The van der Waals surface area contributed by atoms with E-state index in [1.807, 2.05) is 6.92 Å². The van der Waals surface area contributed by atoms with E-state index in [2.05, 4.69) is 34.4 Å². The van der Waals surface area contributed by atoms with Crippen LogP contribution >= 0.6 is 0 Å². The van der Waals surface area contributed by atoms with Crippen molar-refractivity contribution >= 4 is 5.96 Å². The average Bonchev–Trinajstić information content (AvgIpc) is 2.65. The Balaban J connectivity index is 1.94. The van der Waals surface area contributed by atoms with Crippen LogP contribution < -0.4 is 10.6 Å². The number of nitrogens with one attached hydrogen (secondary N) is 2. The molecule has 1 aliphatic heterocycles. The van der Waals surface area contributed by atoms with E-state index in [4.69, 9.17) is 4.74 Å². The van der Waals surface area contributed by atoms with Crippen molar-refractivity contribution in [2.45, 2.75) is 32.4 Å². The van der Waals surface area contributed by atoms with Crippen LogP contribution in [0.1, 0.15) is 32.4 Å². The summed E-state index contributed by atoms with van der Waals surface area (Å²) in [6, 6.07) is 6.26. The number of hydrogen-bond acceptors (Lipinski definition) is 4. The van der Waals surface area contributed by atoms with Crippen molar-refractivity contribution in [2.24, 2.45) is 4.99 Å². The first-order chi connectivity index (χ1) is 12.4. The van der Waals surface area contributed by atoms with Crippen LogP contribution in [0.5, 0.6) is 0 Å². The fourth-order valence-electron chi connectivity index (χ4n) is 2.93. The van der Waals surface area contributed by atoms with Gasteiger partial charge in [-0.3, -0.25) is 9.89 Å². The van der Waals surface area contributed by atoms with Crippen molar-refractivity contribution in [3.63, 3.8) is 0 Å². The lowest BCUT2D eigenvalue weighted by Crippen LogP contribution is -2.52. The molecular weight excluding hydrogens is 335 g/mol. The zero-order valence-electron chi connectivity index (χ0n) is 16.0. The molecule has 26 heavy (non-hydrogen) atoms. The number of benzene rings is 1. The number of halogens is 1. The van der Waals surface area contributed by atoms with E-state index >= 15 is 0 Å². The number of morpholine rings is 1.